The lowest BCUT2D eigenvalue weighted by Gasteiger charge is -2.18. The second-order valence-electron chi connectivity index (χ2n) is 3.73. The highest BCUT2D eigenvalue weighted by Gasteiger charge is 2.20. The normalized spacial score (nSPS) is 12.9. The summed E-state index contributed by atoms with van der Waals surface area (Å²) in [7, 11) is -3.50. The van der Waals surface area contributed by atoms with Gasteiger partial charge in [-0.2, -0.15) is 4.72 Å². The second-order valence-corrected chi connectivity index (χ2v) is 5.60. The van der Waals surface area contributed by atoms with Crippen LogP contribution >= 0.6 is 0 Å². The first kappa shape index (κ1) is 14.5. The molecule has 0 fully saturated rings. The highest BCUT2D eigenvalue weighted by molar-refractivity contribution is 7.89. The molecule has 1 atom stereocenters. The van der Waals surface area contributed by atoms with E-state index in [0.717, 1.165) is 0 Å². The van der Waals surface area contributed by atoms with Gasteiger partial charge in [-0.1, -0.05) is 37.3 Å². The topological polar surface area (TPSA) is 95.5 Å². The molecule has 0 aliphatic carbocycles. The molecular formula is C11H16N2O4S. The standard InChI is InChI=1S/C11H16N2O4S/c1-2-8-18(16,17)13-10(12-11(14)15)9-6-4-3-5-7-9/h3-7,10,12-13H,2,8H2,1H3,(H,14,15). The summed E-state index contributed by atoms with van der Waals surface area (Å²) in [5.41, 5.74) is 0.541. The summed E-state index contributed by atoms with van der Waals surface area (Å²) in [6, 6.07) is 8.48. The summed E-state index contributed by atoms with van der Waals surface area (Å²) in [6.07, 6.45) is -1.80. The monoisotopic (exact) mass is 272 g/mol. The van der Waals surface area contributed by atoms with Crippen LogP contribution in [0.25, 0.3) is 0 Å². The van der Waals surface area contributed by atoms with Crippen LogP contribution in [0.15, 0.2) is 30.3 Å². The van der Waals surface area contributed by atoms with E-state index in [1.807, 2.05) is 0 Å². The highest BCUT2D eigenvalue weighted by atomic mass is 32.2. The second kappa shape index (κ2) is 6.36. The first-order chi connectivity index (χ1) is 8.44. The van der Waals surface area contributed by atoms with Crippen LogP contribution in [0, 0.1) is 0 Å². The zero-order valence-electron chi connectivity index (χ0n) is 9.96. The molecule has 18 heavy (non-hydrogen) atoms. The zero-order valence-corrected chi connectivity index (χ0v) is 10.8. The lowest BCUT2D eigenvalue weighted by Crippen LogP contribution is -2.41. The van der Waals surface area contributed by atoms with Crippen molar-refractivity contribution in [2.75, 3.05) is 5.75 Å². The Morgan fingerprint density at radius 3 is 2.44 bits per heavy atom. The quantitative estimate of drug-likeness (QED) is 0.680. The molecule has 0 aliphatic rings. The number of benzene rings is 1. The molecular weight excluding hydrogens is 256 g/mol. The van der Waals surface area contributed by atoms with Gasteiger partial charge in [-0.05, 0) is 12.0 Å². The van der Waals surface area contributed by atoms with E-state index in [0.29, 0.717) is 12.0 Å². The van der Waals surface area contributed by atoms with E-state index in [9.17, 15) is 13.2 Å². The maximum atomic E-state index is 11.7. The van der Waals surface area contributed by atoms with E-state index in [-0.39, 0.29) is 5.75 Å². The van der Waals surface area contributed by atoms with Crippen molar-refractivity contribution in [3.05, 3.63) is 35.9 Å². The fourth-order valence-corrected chi connectivity index (χ4v) is 2.67. The molecule has 0 bridgehead atoms. The summed E-state index contributed by atoms with van der Waals surface area (Å²) in [4.78, 5) is 10.7. The molecule has 0 saturated carbocycles. The lowest BCUT2D eigenvalue weighted by atomic mass is 10.2. The minimum Gasteiger partial charge on any atom is -0.465 e. The van der Waals surface area contributed by atoms with Crippen LogP contribution in [0.5, 0.6) is 0 Å². The Balaban J connectivity index is 2.90. The first-order valence-electron chi connectivity index (χ1n) is 5.49. The van der Waals surface area contributed by atoms with E-state index in [1.165, 1.54) is 0 Å². The maximum absolute atomic E-state index is 11.7. The smallest absolute Gasteiger partial charge is 0.406 e. The molecule has 3 N–H and O–H groups in total. The van der Waals surface area contributed by atoms with Gasteiger partial charge in [-0.3, -0.25) is 0 Å². The highest BCUT2D eigenvalue weighted by Crippen LogP contribution is 2.11. The van der Waals surface area contributed by atoms with Gasteiger partial charge in [0.2, 0.25) is 10.0 Å². The molecule has 100 valence electrons. The van der Waals surface area contributed by atoms with Crippen LogP contribution in [0.1, 0.15) is 25.1 Å². The van der Waals surface area contributed by atoms with Gasteiger partial charge in [0, 0.05) is 0 Å². The Kier molecular flexibility index (Phi) is 5.11. The fourth-order valence-electron chi connectivity index (χ4n) is 1.46. The van der Waals surface area contributed by atoms with Gasteiger partial charge in [0.05, 0.1) is 5.75 Å². The van der Waals surface area contributed by atoms with Gasteiger partial charge >= 0.3 is 6.09 Å². The van der Waals surface area contributed by atoms with Crippen molar-refractivity contribution in [3.63, 3.8) is 0 Å². The summed E-state index contributed by atoms with van der Waals surface area (Å²) in [5, 5.41) is 10.9. The molecule has 0 heterocycles. The van der Waals surface area contributed by atoms with Crippen LogP contribution in [0.3, 0.4) is 0 Å². The third kappa shape index (κ3) is 4.72. The molecule has 1 unspecified atom stereocenters. The van der Waals surface area contributed by atoms with E-state index < -0.39 is 22.3 Å². The van der Waals surface area contributed by atoms with Gasteiger partial charge in [0.25, 0.3) is 0 Å². The Labute approximate surface area is 106 Å². The van der Waals surface area contributed by atoms with Crippen LogP contribution in [-0.4, -0.2) is 25.4 Å². The molecule has 1 rings (SSSR count). The molecule has 1 amide bonds. The van der Waals surface area contributed by atoms with Crippen LogP contribution in [-0.2, 0) is 10.0 Å². The summed E-state index contributed by atoms with van der Waals surface area (Å²) in [5.74, 6) is -0.0440. The van der Waals surface area contributed by atoms with Crippen molar-refractivity contribution in [2.24, 2.45) is 0 Å². The van der Waals surface area contributed by atoms with Crippen molar-refractivity contribution in [3.8, 4) is 0 Å². The molecule has 6 nitrogen and oxygen atoms in total. The fraction of sp³-hybridized carbons (Fsp3) is 0.364. The molecule has 0 spiro atoms. The minimum atomic E-state index is -3.50. The van der Waals surface area contributed by atoms with E-state index in [1.54, 1.807) is 37.3 Å². The van der Waals surface area contributed by atoms with Crippen molar-refractivity contribution in [2.45, 2.75) is 19.5 Å². The number of amides is 1. The van der Waals surface area contributed by atoms with Gasteiger partial charge in [-0.25, -0.2) is 13.2 Å². The zero-order chi connectivity index (χ0) is 13.6. The van der Waals surface area contributed by atoms with Crippen molar-refractivity contribution < 1.29 is 18.3 Å². The number of hydrogen-bond donors (Lipinski definition) is 3. The first-order valence-corrected chi connectivity index (χ1v) is 7.14. The SMILES string of the molecule is CCCS(=O)(=O)NC(NC(=O)O)c1ccccc1. The van der Waals surface area contributed by atoms with Crippen LogP contribution in [0.4, 0.5) is 4.79 Å². The number of carbonyl (C=O) groups is 1. The van der Waals surface area contributed by atoms with Gasteiger partial charge < -0.3 is 10.4 Å². The van der Waals surface area contributed by atoms with E-state index in [2.05, 4.69) is 10.0 Å². The molecule has 1 aromatic rings. The molecule has 0 radical (unpaired) electrons. The largest absolute Gasteiger partial charge is 0.465 e. The Morgan fingerprint density at radius 1 is 1.33 bits per heavy atom. The van der Waals surface area contributed by atoms with Gasteiger partial charge in [0.15, 0.2) is 0 Å². The number of sulfonamides is 1. The summed E-state index contributed by atoms with van der Waals surface area (Å²) >= 11 is 0. The van der Waals surface area contributed by atoms with Crippen molar-refractivity contribution >= 4 is 16.1 Å². The Hall–Kier alpha value is -1.60. The number of carboxylic acid groups (broad SMARTS) is 1. The predicted octanol–water partition coefficient (Wildman–Crippen LogP) is 1.28. The third-order valence-corrected chi connectivity index (χ3v) is 3.71. The minimum absolute atomic E-state index is 0.0440. The Morgan fingerprint density at radius 2 is 1.94 bits per heavy atom. The van der Waals surface area contributed by atoms with Crippen LogP contribution in [0.2, 0.25) is 0 Å². The number of rotatable bonds is 6. The summed E-state index contributed by atoms with van der Waals surface area (Å²) < 4.78 is 25.6. The van der Waals surface area contributed by atoms with Gasteiger partial charge in [0.1, 0.15) is 6.17 Å². The molecule has 1 aromatic carbocycles. The van der Waals surface area contributed by atoms with E-state index >= 15 is 0 Å². The average Bonchev–Trinajstić information content (AvgIpc) is 2.28. The molecule has 7 heteroatoms. The van der Waals surface area contributed by atoms with Crippen molar-refractivity contribution in [1.82, 2.24) is 10.0 Å². The number of hydrogen-bond acceptors (Lipinski definition) is 3. The van der Waals surface area contributed by atoms with E-state index in [4.69, 9.17) is 5.11 Å². The number of nitrogens with one attached hydrogen (secondary N) is 2. The van der Waals surface area contributed by atoms with Gasteiger partial charge in [-0.15, -0.1) is 0 Å². The van der Waals surface area contributed by atoms with Crippen molar-refractivity contribution in [1.29, 1.82) is 0 Å². The molecule has 0 aromatic heterocycles. The third-order valence-electron chi connectivity index (χ3n) is 2.17. The average molecular weight is 272 g/mol. The Bertz CT molecular complexity index is 487. The molecule has 0 saturated heterocycles. The lowest BCUT2D eigenvalue weighted by molar-refractivity contribution is 0.189. The maximum Gasteiger partial charge on any atom is 0.406 e. The predicted molar refractivity (Wildman–Crippen MR) is 67.6 cm³/mol. The summed E-state index contributed by atoms with van der Waals surface area (Å²) in [6.45, 7) is 1.74. The van der Waals surface area contributed by atoms with Crippen LogP contribution < -0.4 is 10.0 Å². The molecule has 0 aliphatic heterocycles.